The summed E-state index contributed by atoms with van der Waals surface area (Å²) in [5, 5.41) is 7.75. The van der Waals surface area contributed by atoms with Gasteiger partial charge in [0.15, 0.2) is 0 Å². The van der Waals surface area contributed by atoms with E-state index in [0.717, 1.165) is 0 Å². The van der Waals surface area contributed by atoms with Gasteiger partial charge in [-0.05, 0) is 27.1 Å². The van der Waals surface area contributed by atoms with Crippen molar-refractivity contribution in [2.45, 2.75) is 96.8 Å². The third kappa shape index (κ3) is 30.3. The van der Waals surface area contributed by atoms with Crippen LogP contribution >= 0.6 is 0 Å². The minimum Gasteiger partial charge on any atom is -0.395 e. The first-order valence-electron chi connectivity index (χ1n) is 10.1. The molecule has 0 atom stereocenters. The molecule has 0 aromatic heterocycles. The maximum Gasteiger partial charge on any atom is 0.0553 e. The van der Waals surface area contributed by atoms with Crippen molar-refractivity contribution in [3.05, 3.63) is 0 Å². The molecular formula is C20H46N2O. The third-order valence-electron chi connectivity index (χ3n) is 4.09. The summed E-state index contributed by atoms with van der Waals surface area (Å²) in [6.45, 7) is 4.03. The smallest absolute Gasteiger partial charge is 0.0553 e. The van der Waals surface area contributed by atoms with Crippen LogP contribution in [0, 0.1) is 0 Å². The van der Waals surface area contributed by atoms with Crippen LogP contribution in [0.4, 0.5) is 0 Å². The molecule has 3 nitrogen and oxygen atoms in total. The zero-order valence-corrected chi connectivity index (χ0v) is 16.5. The van der Waals surface area contributed by atoms with Gasteiger partial charge in [-0.25, -0.2) is 0 Å². The van der Waals surface area contributed by atoms with Gasteiger partial charge in [0.25, 0.3) is 0 Å². The molecule has 0 aliphatic rings. The van der Waals surface area contributed by atoms with E-state index in [2.05, 4.69) is 25.9 Å². The molecular weight excluding hydrogens is 284 g/mol. The van der Waals surface area contributed by atoms with Crippen LogP contribution in [-0.2, 0) is 0 Å². The van der Waals surface area contributed by atoms with Gasteiger partial charge in [0.1, 0.15) is 0 Å². The van der Waals surface area contributed by atoms with Crippen molar-refractivity contribution in [1.82, 2.24) is 4.90 Å². The Balaban J connectivity index is 0. The monoisotopic (exact) mass is 330 g/mol. The van der Waals surface area contributed by atoms with Gasteiger partial charge in [-0.1, -0.05) is 90.4 Å². The van der Waals surface area contributed by atoms with Gasteiger partial charge >= 0.3 is 0 Å². The van der Waals surface area contributed by atoms with E-state index in [1.165, 1.54) is 96.4 Å². The normalized spacial score (nSPS) is 10.7. The Hall–Kier alpha value is -0.120. The Morgan fingerprint density at radius 3 is 1.22 bits per heavy atom. The summed E-state index contributed by atoms with van der Waals surface area (Å²) >= 11 is 0. The van der Waals surface area contributed by atoms with E-state index in [1.807, 2.05) is 0 Å². The van der Waals surface area contributed by atoms with Gasteiger partial charge in [-0.2, -0.15) is 0 Å². The zero-order valence-electron chi connectivity index (χ0n) is 16.5. The maximum absolute atomic E-state index is 7.75. The van der Waals surface area contributed by atoms with Crippen molar-refractivity contribution >= 4 is 0 Å². The lowest BCUT2D eigenvalue weighted by Crippen LogP contribution is -2.12. The second-order valence-electron chi connectivity index (χ2n) is 6.91. The van der Waals surface area contributed by atoms with Gasteiger partial charge in [-0.3, -0.25) is 0 Å². The van der Waals surface area contributed by atoms with Crippen molar-refractivity contribution in [2.75, 3.05) is 33.8 Å². The summed E-state index contributed by atoms with van der Waals surface area (Å²) in [7, 11) is 4.34. The van der Waals surface area contributed by atoms with E-state index in [4.69, 9.17) is 10.8 Å². The summed E-state index contributed by atoms with van der Waals surface area (Å²) in [4.78, 5) is 2.29. The van der Waals surface area contributed by atoms with Crippen molar-refractivity contribution in [3.63, 3.8) is 0 Å². The highest BCUT2D eigenvalue weighted by molar-refractivity contribution is 4.50. The van der Waals surface area contributed by atoms with E-state index in [0.29, 0.717) is 6.54 Å². The maximum atomic E-state index is 7.75. The number of hydrogen-bond acceptors (Lipinski definition) is 3. The molecule has 0 bridgehead atoms. The SMILES string of the molecule is CCCCCCCCCCCCCCCCN(C)C.NCCO. The predicted molar refractivity (Wildman–Crippen MR) is 105 cm³/mol. The average molecular weight is 331 g/mol. The highest BCUT2D eigenvalue weighted by Gasteiger charge is 1.94. The van der Waals surface area contributed by atoms with Crippen LogP contribution in [0.3, 0.4) is 0 Å². The summed E-state index contributed by atoms with van der Waals surface area (Å²) in [5.41, 5.74) is 4.78. The molecule has 0 aliphatic heterocycles. The van der Waals surface area contributed by atoms with E-state index < -0.39 is 0 Å². The van der Waals surface area contributed by atoms with Crippen molar-refractivity contribution in [1.29, 1.82) is 0 Å². The van der Waals surface area contributed by atoms with Gasteiger partial charge in [-0.15, -0.1) is 0 Å². The number of hydrogen-bond donors (Lipinski definition) is 2. The number of nitrogens with two attached hydrogens (primary N) is 1. The Bertz CT molecular complexity index is 184. The lowest BCUT2D eigenvalue weighted by molar-refractivity contribution is 0.306. The molecule has 0 amide bonds. The number of aliphatic hydroxyl groups excluding tert-OH is 1. The number of aliphatic hydroxyl groups is 1. The van der Waals surface area contributed by atoms with Crippen LogP contribution in [-0.4, -0.2) is 43.8 Å². The Morgan fingerprint density at radius 2 is 0.957 bits per heavy atom. The van der Waals surface area contributed by atoms with Gasteiger partial charge < -0.3 is 15.7 Å². The van der Waals surface area contributed by atoms with Crippen LogP contribution in [0.1, 0.15) is 96.8 Å². The van der Waals surface area contributed by atoms with E-state index in [9.17, 15) is 0 Å². The minimum absolute atomic E-state index is 0.0972. The molecule has 23 heavy (non-hydrogen) atoms. The van der Waals surface area contributed by atoms with E-state index in [-0.39, 0.29) is 6.61 Å². The molecule has 0 radical (unpaired) electrons. The number of nitrogens with zero attached hydrogens (tertiary/aromatic N) is 1. The minimum atomic E-state index is 0.0972. The molecule has 3 N–H and O–H groups in total. The summed E-state index contributed by atoms with van der Waals surface area (Å²) < 4.78 is 0. The molecule has 0 saturated carbocycles. The van der Waals surface area contributed by atoms with Crippen LogP contribution in [0.2, 0.25) is 0 Å². The lowest BCUT2D eigenvalue weighted by Gasteiger charge is -2.08. The standard InChI is InChI=1S/C18H39N.C2H7NO/c1-4-5-6-7-8-9-10-11-12-13-14-15-16-17-18-19(2)3;3-1-2-4/h4-18H2,1-3H3;4H,1-3H2. The third-order valence-corrected chi connectivity index (χ3v) is 4.09. The highest BCUT2D eigenvalue weighted by atomic mass is 16.3. The predicted octanol–water partition coefficient (Wildman–Crippen LogP) is 4.97. The summed E-state index contributed by atoms with van der Waals surface area (Å²) in [6, 6.07) is 0. The molecule has 142 valence electrons. The second kappa shape index (κ2) is 24.1. The van der Waals surface area contributed by atoms with Gasteiger partial charge in [0, 0.05) is 6.54 Å². The van der Waals surface area contributed by atoms with Crippen LogP contribution in [0.5, 0.6) is 0 Å². The molecule has 0 rings (SSSR count). The van der Waals surface area contributed by atoms with Crippen LogP contribution in [0.15, 0.2) is 0 Å². The fourth-order valence-electron chi connectivity index (χ4n) is 2.62. The van der Waals surface area contributed by atoms with Crippen molar-refractivity contribution in [2.24, 2.45) is 5.73 Å². The highest BCUT2D eigenvalue weighted by Crippen LogP contribution is 2.12. The van der Waals surface area contributed by atoms with Crippen molar-refractivity contribution < 1.29 is 5.11 Å². The molecule has 0 heterocycles. The van der Waals surface area contributed by atoms with Crippen LogP contribution < -0.4 is 5.73 Å². The van der Waals surface area contributed by atoms with E-state index >= 15 is 0 Å². The molecule has 0 saturated heterocycles. The number of unbranched alkanes of at least 4 members (excludes halogenated alkanes) is 13. The van der Waals surface area contributed by atoms with E-state index in [1.54, 1.807) is 0 Å². The quantitative estimate of drug-likeness (QED) is 0.393. The molecule has 3 heteroatoms. The molecule has 0 aromatic carbocycles. The first kappa shape index (κ1) is 25.1. The lowest BCUT2D eigenvalue weighted by atomic mass is 10.0. The van der Waals surface area contributed by atoms with Gasteiger partial charge in [0.2, 0.25) is 0 Å². The molecule has 0 unspecified atom stereocenters. The number of rotatable bonds is 16. The fraction of sp³-hybridized carbons (Fsp3) is 1.00. The van der Waals surface area contributed by atoms with Crippen LogP contribution in [0.25, 0.3) is 0 Å². The molecule has 0 fully saturated rings. The molecule has 0 aliphatic carbocycles. The largest absolute Gasteiger partial charge is 0.395 e. The summed E-state index contributed by atoms with van der Waals surface area (Å²) in [6.07, 6.45) is 20.3. The Morgan fingerprint density at radius 1 is 0.652 bits per heavy atom. The molecule has 0 spiro atoms. The average Bonchev–Trinajstić information content (AvgIpc) is 2.55. The first-order chi connectivity index (χ1) is 11.2. The molecule has 0 aromatic rings. The Labute approximate surface area is 147 Å². The second-order valence-corrected chi connectivity index (χ2v) is 6.91. The van der Waals surface area contributed by atoms with Crippen molar-refractivity contribution in [3.8, 4) is 0 Å². The fourth-order valence-corrected chi connectivity index (χ4v) is 2.62. The Kier molecular flexibility index (Phi) is 26.4. The summed E-state index contributed by atoms with van der Waals surface area (Å²) in [5.74, 6) is 0. The topological polar surface area (TPSA) is 49.5 Å². The zero-order chi connectivity index (χ0) is 17.6. The van der Waals surface area contributed by atoms with Gasteiger partial charge in [0.05, 0.1) is 6.61 Å². The first-order valence-corrected chi connectivity index (χ1v) is 10.1.